The predicted octanol–water partition coefficient (Wildman–Crippen LogP) is 2.67. The largest absolute Gasteiger partial charge is 0.493 e. The number of ether oxygens (including phenoxy) is 5. The zero-order valence-electron chi connectivity index (χ0n) is 16.8. The van der Waals surface area contributed by atoms with Crippen molar-refractivity contribution in [1.29, 1.82) is 5.26 Å². The van der Waals surface area contributed by atoms with Gasteiger partial charge in [-0.25, -0.2) is 0 Å². The molecule has 8 nitrogen and oxygen atoms in total. The molecule has 2 aromatic rings. The highest BCUT2D eigenvalue weighted by molar-refractivity contribution is 6.01. The molecule has 1 heterocycles. The van der Waals surface area contributed by atoms with E-state index in [0.29, 0.717) is 41.8 Å². The number of benzene rings is 2. The van der Waals surface area contributed by atoms with E-state index in [1.807, 2.05) is 12.1 Å². The quantitative estimate of drug-likeness (QED) is 0.385. The van der Waals surface area contributed by atoms with Crippen LogP contribution in [0, 0.1) is 11.3 Å². The summed E-state index contributed by atoms with van der Waals surface area (Å²) in [6.45, 7) is 1.27. The molecule has 0 bridgehead atoms. The number of nitrogens with one attached hydrogen (secondary N) is 1. The molecule has 0 spiro atoms. The number of methoxy groups -OCH3 is 2. The number of nitriles is 1. The first-order chi connectivity index (χ1) is 14.6. The van der Waals surface area contributed by atoms with Gasteiger partial charge in [-0.3, -0.25) is 4.79 Å². The van der Waals surface area contributed by atoms with Gasteiger partial charge in [-0.15, -0.1) is 0 Å². The van der Waals surface area contributed by atoms with Gasteiger partial charge in [0.1, 0.15) is 18.2 Å². The summed E-state index contributed by atoms with van der Waals surface area (Å²) in [4.78, 5) is 12.5. The molecule has 0 saturated heterocycles. The van der Waals surface area contributed by atoms with Gasteiger partial charge in [0.05, 0.1) is 13.7 Å². The summed E-state index contributed by atoms with van der Waals surface area (Å²) in [6.07, 6.45) is 1.50. The standard InChI is InChI=1S/C22H22N2O6/c1-26-7-8-28-18-5-3-15(10-20(18)27-2)9-17(12-23)22(25)24-13-16-4-6-19-21(11-16)30-14-29-19/h3-6,9-11H,7-8,13-14H2,1-2H3,(H,24,25)/b17-9+. The van der Waals surface area contributed by atoms with Crippen LogP contribution in [0.1, 0.15) is 11.1 Å². The molecule has 1 amide bonds. The number of amides is 1. The van der Waals surface area contributed by atoms with Crippen molar-refractivity contribution in [2.24, 2.45) is 0 Å². The third-order valence-corrected chi connectivity index (χ3v) is 4.30. The molecule has 0 fully saturated rings. The number of fused-ring (bicyclic) bond motifs is 1. The second-order valence-electron chi connectivity index (χ2n) is 6.29. The van der Waals surface area contributed by atoms with Crippen LogP contribution >= 0.6 is 0 Å². The maximum atomic E-state index is 12.5. The third kappa shape index (κ3) is 5.21. The first-order valence-electron chi connectivity index (χ1n) is 9.23. The second-order valence-corrected chi connectivity index (χ2v) is 6.29. The number of hydrogen-bond acceptors (Lipinski definition) is 7. The predicted molar refractivity (Wildman–Crippen MR) is 108 cm³/mol. The summed E-state index contributed by atoms with van der Waals surface area (Å²) >= 11 is 0. The van der Waals surface area contributed by atoms with Crippen molar-refractivity contribution in [1.82, 2.24) is 5.32 Å². The molecular weight excluding hydrogens is 388 g/mol. The van der Waals surface area contributed by atoms with E-state index in [1.165, 1.54) is 13.2 Å². The fraction of sp³-hybridized carbons (Fsp3) is 0.273. The fourth-order valence-corrected chi connectivity index (χ4v) is 2.77. The SMILES string of the molecule is COCCOc1ccc(/C=C(\C#N)C(=O)NCc2ccc3c(c2)OCO3)cc1OC. The van der Waals surface area contributed by atoms with Crippen LogP contribution in [0.2, 0.25) is 0 Å². The monoisotopic (exact) mass is 410 g/mol. The van der Waals surface area contributed by atoms with Gasteiger partial charge >= 0.3 is 0 Å². The van der Waals surface area contributed by atoms with Crippen LogP contribution in [-0.4, -0.2) is 40.1 Å². The van der Waals surface area contributed by atoms with Crippen molar-refractivity contribution < 1.29 is 28.5 Å². The van der Waals surface area contributed by atoms with E-state index >= 15 is 0 Å². The maximum Gasteiger partial charge on any atom is 0.262 e. The number of carbonyl (C=O) groups excluding carboxylic acids is 1. The number of carbonyl (C=O) groups is 1. The van der Waals surface area contributed by atoms with Gasteiger partial charge in [-0.1, -0.05) is 12.1 Å². The van der Waals surface area contributed by atoms with Crippen LogP contribution < -0.4 is 24.3 Å². The van der Waals surface area contributed by atoms with Crippen LogP contribution in [0.5, 0.6) is 23.0 Å². The summed E-state index contributed by atoms with van der Waals surface area (Å²) in [5.41, 5.74) is 1.45. The summed E-state index contributed by atoms with van der Waals surface area (Å²) in [6, 6.07) is 12.5. The molecule has 1 aliphatic heterocycles. The van der Waals surface area contributed by atoms with Gasteiger partial charge < -0.3 is 29.0 Å². The Morgan fingerprint density at radius 2 is 1.97 bits per heavy atom. The lowest BCUT2D eigenvalue weighted by Crippen LogP contribution is -2.23. The smallest absolute Gasteiger partial charge is 0.262 e. The van der Waals surface area contributed by atoms with Crippen LogP contribution in [0.25, 0.3) is 6.08 Å². The zero-order valence-corrected chi connectivity index (χ0v) is 16.8. The Morgan fingerprint density at radius 3 is 2.73 bits per heavy atom. The summed E-state index contributed by atoms with van der Waals surface area (Å²) in [7, 11) is 3.12. The Labute approximate surface area is 174 Å². The average molecular weight is 410 g/mol. The van der Waals surface area contributed by atoms with Gasteiger partial charge in [-0.05, 0) is 41.5 Å². The lowest BCUT2D eigenvalue weighted by Gasteiger charge is -2.11. The lowest BCUT2D eigenvalue weighted by atomic mass is 10.1. The van der Waals surface area contributed by atoms with Crippen LogP contribution in [0.4, 0.5) is 0 Å². The van der Waals surface area contributed by atoms with Crippen molar-refractivity contribution in [2.45, 2.75) is 6.54 Å². The summed E-state index contributed by atoms with van der Waals surface area (Å²) in [5.74, 6) is 1.88. The second kappa shape index (κ2) is 10.2. The van der Waals surface area contributed by atoms with Gasteiger partial charge in [0.15, 0.2) is 23.0 Å². The van der Waals surface area contributed by atoms with E-state index in [1.54, 1.807) is 37.4 Å². The number of hydrogen-bond donors (Lipinski definition) is 1. The number of nitrogens with zero attached hydrogens (tertiary/aromatic N) is 1. The molecule has 2 aromatic carbocycles. The topological polar surface area (TPSA) is 99.0 Å². The lowest BCUT2D eigenvalue weighted by molar-refractivity contribution is -0.117. The maximum absolute atomic E-state index is 12.5. The Balaban J connectivity index is 1.66. The molecule has 0 unspecified atom stereocenters. The third-order valence-electron chi connectivity index (χ3n) is 4.30. The number of rotatable bonds is 9. The molecule has 0 aromatic heterocycles. The molecule has 0 atom stereocenters. The minimum Gasteiger partial charge on any atom is -0.493 e. The van der Waals surface area contributed by atoms with Gasteiger partial charge in [0.2, 0.25) is 6.79 Å². The van der Waals surface area contributed by atoms with E-state index in [2.05, 4.69) is 5.32 Å². The molecule has 1 N–H and O–H groups in total. The molecule has 0 radical (unpaired) electrons. The van der Waals surface area contributed by atoms with E-state index in [9.17, 15) is 10.1 Å². The molecule has 0 aliphatic carbocycles. The highest BCUT2D eigenvalue weighted by Gasteiger charge is 2.15. The van der Waals surface area contributed by atoms with Gasteiger partial charge in [0.25, 0.3) is 5.91 Å². The van der Waals surface area contributed by atoms with Crippen molar-refractivity contribution >= 4 is 12.0 Å². The van der Waals surface area contributed by atoms with Crippen molar-refractivity contribution in [3.05, 3.63) is 53.1 Å². The Bertz CT molecular complexity index is 980. The minimum absolute atomic E-state index is 0.0224. The first-order valence-corrected chi connectivity index (χ1v) is 9.23. The van der Waals surface area contributed by atoms with Gasteiger partial charge in [-0.2, -0.15) is 5.26 Å². The zero-order chi connectivity index (χ0) is 21.3. The molecule has 0 saturated carbocycles. The highest BCUT2D eigenvalue weighted by Crippen LogP contribution is 2.32. The molecule has 30 heavy (non-hydrogen) atoms. The van der Waals surface area contributed by atoms with Crippen molar-refractivity contribution in [2.75, 3.05) is 34.2 Å². The molecule has 156 valence electrons. The molecular formula is C22H22N2O6. The summed E-state index contributed by atoms with van der Waals surface area (Å²) in [5, 5.41) is 12.2. The first kappa shape index (κ1) is 21.0. The van der Waals surface area contributed by atoms with Crippen LogP contribution in [-0.2, 0) is 16.1 Å². The highest BCUT2D eigenvalue weighted by atomic mass is 16.7. The van der Waals surface area contributed by atoms with E-state index < -0.39 is 5.91 Å². The van der Waals surface area contributed by atoms with Crippen molar-refractivity contribution in [3.63, 3.8) is 0 Å². The Hall–Kier alpha value is -3.70. The molecule has 8 heteroatoms. The fourth-order valence-electron chi connectivity index (χ4n) is 2.77. The van der Waals surface area contributed by atoms with Crippen LogP contribution in [0.3, 0.4) is 0 Å². The van der Waals surface area contributed by atoms with E-state index in [0.717, 1.165) is 5.56 Å². The van der Waals surface area contributed by atoms with E-state index in [-0.39, 0.29) is 18.9 Å². The molecule has 3 rings (SSSR count). The average Bonchev–Trinajstić information content (AvgIpc) is 3.24. The van der Waals surface area contributed by atoms with Crippen molar-refractivity contribution in [3.8, 4) is 29.1 Å². The summed E-state index contributed by atoms with van der Waals surface area (Å²) < 4.78 is 26.5. The van der Waals surface area contributed by atoms with E-state index in [4.69, 9.17) is 23.7 Å². The Morgan fingerprint density at radius 1 is 1.13 bits per heavy atom. The van der Waals surface area contributed by atoms with Gasteiger partial charge in [0, 0.05) is 13.7 Å². The minimum atomic E-state index is -0.477. The Kier molecular flexibility index (Phi) is 7.14. The molecule has 1 aliphatic rings. The normalized spacial score (nSPS) is 12.2. The van der Waals surface area contributed by atoms with Crippen LogP contribution in [0.15, 0.2) is 42.0 Å².